The second-order valence-corrected chi connectivity index (χ2v) is 8.17. The summed E-state index contributed by atoms with van der Waals surface area (Å²) in [6.45, 7) is 3.26. The molecule has 3 rings (SSSR count). The fraction of sp³-hybridized carbons (Fsp3) is 0.250. The molecule has 2 aromatic carbocycles. The molecule has 0 bridgehead atoms. The largest absolute Gasteiger partial charge is 0.447 e. The summed E-state index contributed by atoms with van der Waals surface area (Å²) in [5.74, 6) is -1.11. The summed E-state index contributed by atoms with van der Waals surface area (Å²) in [5, 5.41) is 2.95. The molecule has 0 radical (unpaired) electrons. The van der Waals surface area contributed by atoms with Gasteiger partial charge in [0.2, 0.25) is 0 Å². The first kappa shape index (κ1) is 24.5. The lowest BCUT2D eigenvalue weighted by molar-refractivity contribution is -0.137. The quantitative estimate of drug-likeness (QED) is 0.409. The third kappa shape index (κ3) is 6.01. The van der Waals surface area contributed by atoms with Crippen LogP contribution in [-0.2, 0) is 22.9 Å². The monoisotopic (exact) mass is 480 g/mol. The van der Waals surface area contributed by atoms with Crippen LogP contribution in [0.3, 0.4) is 0 Å². The van der Waals surface area contributed by atoms with Gasteiger partial charge in [-0.25, -0.2) is 9.18 Å². The van der Waals surface area contributed by atoms with Crippen molar-refractivity contribution < 1.29 is 27.1 Å². The maximum Gasteiger partial charge on any atom is 0.416 e. The van der Waals surface area contributed by atoms with Crippen LogP contribution in [0.4, 0.5) is 22.4 Å². The molecular formula is C24H21ClF4N2O2. The van der Waals surface area contributed by atoms with Crippen molar-refractivity contribution in [3.8, 4) is 0 Å². The molecule has 0 aliphatic heterocycles. The van der Waals surface area contributed by atoms with Gasteiger partial charge in [-0.05, 0) is 55.3 Å². The van der Waals surface area contributed by atoms with E-state index < -0.39 is 35.3 Å². The first-order chi connectivity index (χ1) is 15.5. The molecule has 3 aromatic rings. The molecule has 1 N–H and O–H groups in total. The van der Waals surface area contributed by atoms with Crippen molar-refractivity contribution in [2.75, 3.05) is 0 Å². The molecule has 0 aliphatic carbocycles. The summed E-state index contributed by atoms with van der Waals surface area (Å²) in [7, 11) is 0. The highest BCUT2D eigenvalue weighted by molar-refractivity contribution is 6.30. The Morgan fingerprint density at radius 1 is 1.06 bits per heavy atom. The number of carbonyl (C=O) groups is 1. The highest BCUT2D eigenvalue weighted by atomic mass is 35.5. The molecule has 4 nitrogen and oxygen atoms in total. The number of nitrogens with zero attached hydrogens (tertiary/aromatic N) is 1. The Hall–Kier alpha value is -3.13. The zero-order valence-electron chi connectivity index (χ0n) is 17.8. The lowest BCUT2D eigenvalue weighted by Crippen LogP contribution is -2.50. The van der Waals surface area contributed by atoms with E-state index in [9.17, 15) is 22.4 Å². The summed E-state index contributed by atoms with van der Waals surface area (Å²) in [6.07, 6.45) is -4.93. The van der Waals surface area contributed by atoms with Crippen molar-refractivity contribution in [1.29, 1.82) is 0 Å². The highest BCUT2D eigenvalue weighted by Gasteiger charge is 2.41. The normalized spacial score (nSPS) is 13.5. The van der Waals surface area contributed by atoms with Gasteiger partial charge in [-0.1, -0.05) is 41.9 Å². The number of alkyl carbamates (subject to hydrolysis) is 1. The number of rotatable bonds is 6. The van der Waals surface area contributed by atoms with Gasteiger partial charge in [0.1, 0.15) is 11.4 Å². The molecule has 1 heterocycles. The van der Waals surface area contributed by atoms with Crippen LogP contribution in [0.1, 0.15) is 36.2 Å². The molecule has 0 fully saturated rings. The van der Waals surface area contributed by atoms with Gasteiger partial charge in [0, 0.05) is 12.6 Å². The number of alkyl halides is 3. The zero-order chi connectivity index (χ0) is 24.2. The van der Waals surface area contributed by atoms with Crippen molar-refractivity contribution >= 4 is 17.7 Å². The Balaban J connectivity index is 2.29. The van der Waals surface area contributed by atoms with E-state index in [2.05, 4.69) is 10.3 Å². The second-order valence-electron chi connectivity index (χ2n) is 7.73. The predicted molar refractivity (Wildman–Crippen MR) is 116 cm³/mol. The molecule has 1 amide bonds. The Morgan fingerprint density at radius 3 is 2.30 bits per heavy atom. The third-order valence-electron chi connectivity index (χ3n) is 4.85. The SMILES string of the molecule is CC(C)OC(=O)N[C@](Cc1ccccc1)(c1cc(F)cc(C(F)(F)F)c1)c1ccc(Cl)cn1. The molecule has 0 spiro atoms. The van der Waals surface area contributed by atoms with Crippen LogP contribution in [0.5, 0.6) is 0 Å². The van der Waals surface area contributed by atoms with Crippen molar-refractivity contribution in [3.63, 3.8) is 0 Å². The second kappa shape index (κ2) is 9.79. The molecular weight excluding hydrogens is 460 g/mol. The van der Waals surface area contributed by atoms with Gasteiger partial charge in [0.15, 0.2) is 0 Å². The van der Waals surface area contributed by atoms with Crippen LogP contribution in [0.15, 0.2) is 66.9 Å². The van der Waals surface area contributed by atoms with Gasteiger partial charge in [0.05, 0.1) is 22.4 Å². The van der Waals surface area contributed by atoms with Gasteiger partial charge in [-0.2, -0.15) is 13.2 Å². The molecule has 0 saturated heterocycles. The number of hydrogen-bond donors (Lipinski definition) is 1. The summed E-state index contributed by atoms with van der Waals surface area (Å²) in [6, 6.07) is 13.9. The Kier molecular flexibility index (Phi) is 7.27. The predicted octanol–water partition coefficient (Wildman–Crippen LogP) is 6.51. The van der Waals surface area contributed by atoms with Gasteiger partial charge >= 0.3 is 12.3 Å². The summed E-state index contributed by atoms with van der Waals surface area (Å²) in [5.41, 5.74) is -2.20. The van der Waals surface area contributed by atoms with Crippen LogP contribution in [0.25, 0.3) is 0 Å². The Morgan fingerprint density at radius 2 is 1.73 bits per heavy atom. The molecule has 33 heavy (non-hydrogen) atoms. The molecule has 174 valence electrons. The van der Waals surface area contributed by atoms with Crippen molar-refractivity contribution in [2.24, 2.45) is 0 Å². The van der Waals surface area contributed by atoms with Crippen LogP contribution in [0.2, 0.25) is 5.02 Å². The van der Waals surface area contributed by atoms with E-state index in [1.165, 1.54) is 18.3 Å². The minimum Gasteiger partial charge on any atom is -0.447 e. The minimum absolute atomic E-state index is 0.0313. The Bertz CT molecular complexity index is 1110. The standard InChI is InChI=1S/C24H21ClF4N2O2/c1-15(2)33-22(32)31-23(13-16-6-4-3-5-7-16,21-9-8-19(25)14-30-21)17-10-18(24(27,28)29)12-20(26)11-17/h3-12,14-15H,13H2,1-2H3,(H,31,32)/t23-/m1/s1. The maximum absolute atomic E-state index is 14.5. The lowest BCUT2D eigenvalue weighted by Gasteiger charge is -2.35. The van der Waals surface area contributed by atoms with Crippen molar-refractivity contribution in [2.45, 2.75) is 38.1 Å². The summed E-state index contributed by atoms with van der Waals surface area (Å²) in [4.78, 5) is 17.0. The zero-order valence-corrected chi connectivity index (χ0v) is 18.5. The number of benzene rings is 2. The van der Waals surface area contributed by atoms with E-state index in [4.69, 9.17) is 16.3 Å². The molecule has 1 aromatic heterocycles. The minimum atomic E-state index is -4.80. The third-order valence-corrected chi connectivity index (χ3v) is 5.08. The first-order valence-corrected chi connectivity index (χ1v) is 10.4. The van der Waals surface area contributed by atoms with Crippen molar-refractivity contribution in [3.05, 3.63) is 100 Å². The van der Waals surface area contributed by atoms with Crippen LogP contribution >= 0.6 is 11.6 Å². The van der Waals surface area contributed by atoms with Gasteiger partial charge in [-0.15, -0.1) is 0 Å². The summed E-state index contributed by atoms with van der Waals surface area (Å²) < 4.78 is 60.3. The molecule has 0 aliphatic rings. The fourth-order valence-corrected chi connectivity index (χ4v) is 3.58. The number of nitrogens with one attached hydrogen (secondary N) is 1. The number of hydrogen-bond acceptors (Lipinski definition) is 3. The van der Waals surface area contributed by atoms with E-state index in [0.717, 1.165) is 12.1 Å². The van der Waals surface area contributed by atoms with E-state index in [0.29, 0.717) is 11.6 Å². The number of amides is 1. The molecule has 0 unspecified atom stereocenters. The van der Waals surface area contributed by atoms with E-state index in [-0.39, 0.29) is 22.7 Å². The fourth-order valence-electron chi connectivity index (χ4n) is 3.47. The van der Waals surface area contributed by atoms with E-state index in [1.807, 2.05) is 0 Å². The first-order valence-electron chi connectivity index (χ1n) is 10.0. The van der Waals surface area contributed by atoms with Gasteiger partial charge in [-0.3, -0.25) is 4.98 Å². The van der Waals surface area contributed by atoms with Crippen LogP contribution < -0.4 is 5.32 Å². The van der Waals surface area contributed by atoms with E-state index >= 15 is 0 Å². The van der Waals surface area contributed by atoms with E-state index in [1.54, 1.807) is 44.2 Å². The van der Waals surface area contributed by atoms with Crippen LogP contribution in [-0.4, -0.2) is 17.2 Å². The average Bonchev–Trinajstić information content (AvgIpc) is 2.73. The Labute approximate surface area is 193 Å². The number of ether oxygens (including phenoxy) is 1. The molecule has 1 atom stereocenters. The lowest BCUT2D eigenvalue weighted by atomic mass is 9.80. The number of aromatic nitrogens is 1. The van der Waals surface area contributed by atoms with Crippen LogP contribution in [0, 0.1) is 5.82 Å². The highest BCUT2D eigenvalue weighted by Crippen LogP contribution is 2.38. The van der Waals surface area contributed by atoms with Gasteiger partial charge in [0.25, 0.3) is 0 Å². The number of pyridine rings is 1. The molecule has 0 saturated carbocycles. The van der Waals surface area contributed by atoms with Crippen molar-refractivity contribution in [1.82, 2.24) is 10.3 Å². The topological polar surface area (TPSA) is 51.2 Å². The summed E-state index contributed by atoms with van der Waals surface area (Å²) >= 11 is 5.97. The smallest absolute Gasteiger partial charge is 0.416 e. The molecule has 9 heteroatoms. The number of halogens is 5. The van der Waals surface area contributed by atoms with Gasteiger partial charge < -0.3 is 10.1 Å². The maximum atomic E-state index is 14.5. The average molecular weight is 481 g/mol. The number of carbonyl (C=O) groups excluding carboxylic acids is 1.